The zero-order valence-electron chi connectivity index (χ0n) is 21.1. The lowest BCUT2D eigenvalue weighted by Gasteiger charge is -2.30. The highest BCUT2D eigenvalue weighted by Crippen LogP contribution is 2.62. The first-order valence-electron chi connectivity index (χ1n) is 13.2. The van der Waals surface area contributed by atoms with Crippen LogP contribution in [-0.4, -0.2) is 4.98 Å². The van der Waals surface area contributed by atoms with Crippen LogP contribution < -0.4 is 0 Å². The molecule has 0 saturated heterocycles. The predicted octanol–water partition coefficient (Wildman–Crippen LogP) is 8.63. The van der Waals surface area contributed by atoms with Gasteiger partial charge in [-0.2, -0.15) is 5.26 Å². The molecule has 0 bridgehead atoms. The van der Waals surface area contributed by atoms with Gasteiger partial charge in [-0.1, -0.05) is 109 Å². The van der Waals surface area contributed by atoms with Crippen molar-refractivity contribution < 1.29 is 0 Å². The van der Waals surface area contributed by atoms with Gasteiger partial charge in [0.05, 0.1) is 22.7 Å². The van der Waals surface area contributed by atoms with E-state index in [0.717, 1.165) is 16.8 Å². The first-order valence-corrected chi connectivity index (χ1v) is 13.2. The molecule has 1 aromatic heterocycles. The fraction of sp³-hybridized carbons (Fsp3) is 0.0270. The molecule has 5 aromatic carbocycles. The van der Waals surface area contributed by atoms with Gasteiger partial charge in [-0.15, -0.1) is 0 Å². The normalized spacial score (nSPS) is 13.3. The molecule has 1 spiro atoms. The van der Waals surface area contributed by atoms with Crippen LogP contribution in [-0.2, 0) is 5.41 Å². The van der Waals surface area contributed by atoms with Crippen LogP contribution in [0.1, 0.15) is 27.8 Å². The van der Waals surface area contributed by atoms with Crippen molar-refractivity contribution in [2.75, 3.05) is 0 Å². The third-order valence-corrected chi connectivity index (χ3v) is 8.40. The maximum Gasteiger partial charge on any atom is 0.0992 e. The Morgan fingerprint density at radius 2 is 1.00 bits per heavy atom. The van der Waals surface area contributed by atoms with Crippen LogP contribution in [0.15, 0.2) is 134 Å². The minimum absolute atomic E-state index is 0.307. The molecule has 0 amide bonds. The van der Waals surface area contributed by atoms with Crippen molar-refractivity contribution in [3.63, 3.8) is 0 Å². The van der Waals surface area contributed by atoms with E-state index in [2.05, 4.69) is 126 Å². The summed E-state index contributed by atoms with van der Waals surface area (Å²) in [6, 6.07) is 47.9. The molecule has 0 saturated carbocycles. The van der Waals surface area contributed by atoms with Gasteiger partial charge < -0.3 is 0 Å². The summed E-state index contributed by atoms with van der Waals surface area (Å²) in [6.45, 7) is 0. The molecule has 0 aliphatic heterocycles. The van der Waals surface area contributed by atoms with E-state index in [-0.39, 0.29) is 5.41 Å². The predicted molar refractivity (Wildman–Crippen MR) is 156 cm³/mol. The Bertz CT molecular complexity index is 1930. The number of nitrogens with zero attached hydrogens (tertiary/aromatic N) is 2. The van der Waals surface area contributed by atoms with Crippen LogP contribution in [0.5, 0.6) is 0 Å². The van der Waals surface area contributed by atoms with E-state index in [4.69, 9.17) is 0 Å². The van der Waals surface area contributed by atoms with Gasteiger partial charge in [0.25, 0.3) is 0 Å². The lowest BCUT2D eigenvalue weighted by atomic mass is 9.70. The van der Waals surface area contributed by atoms with Crippen molar-refractivity contribution >= 4 is 0 Å². The number of hydrogen-bond donors (Lipinski definition) is 0. The highest BCUT2D eigenvalue weighted by molar-refractivity contribution is 5.96. The van der Waals surface area contributed by atoms with Gasteiger partial charge in [-0.05, 0) is 73.8 Å². The lowest BCUT2D eigenvalue weighted by molar-refractivity contribution is 0.794. The molecule has 2 nitrogen and oxygen atoms in total. The van der Waals surface area contributed by atoms with Crippen LogP contribution in [0.25, 0.3) is 44.6 Å². The molecule has 0 unspecified atom stereocenters. The van der Waals surface area contributed by atoms with E-state index in [1.165, 1.54) is 50.1 Å². The van der Waals surface area contributed by atoms with Crippen molar-refractivity contribution in [2.24, 2.45) is 0 Å². The molecule has 0 fully saturated rings. The number of rotatable bonds is 2. The molecule has 180 valence electrons. The average molecular weight is 495 g/mol. The van der Waals surface area contributed by atoms with E-state index in [9.17, 15) is 5.26 Å². The maximum absolute atomic E-state index is 9.26. The molecule has 0 radical (unpaired) electrons. The highest BCUT2D eigenvalue weighted by Gasteiger charge is 2.51. The number of aromatic nitrogens is 1. The van der Waals surface area contributed by atoms with E-state index in [1.807, 2.05) is 6.07 Å². The number of pyridine rings is 1. The first-order chi connectivity index (χ1) is 19.3. The third-order valence-electron chi connectivity index (χ3n) is 8.40. The van der Waals surface area contributed by atoms with Crippen molar-refractivity contribution in [1.82, 2.24) is 4.98 Å². The summed E-state index contributed by atoms with van der Waals surface area (Å²) >= 11 is 0. The summed E-state index contributed by atoms with van der Waals surface area (Å²) in [5.74, 6) is 0. The summed E-state index contributed by atoms with van der Waals surface area (Å²) in [5.41, 5.74) is 15.1. The molecular formula is C37H22N2. The fourth-order valence-corrected chi connectivity index (χ4v) is 6.77. The Morgan fingerprint density at radius 1 is 0.487 bits per heavy atom. The molecule has 2 aliphatic rings. The van der Waals surface area contributed by atoms with Crippen LogP contribution in [0.2, 0.25) is 0 Å². The highest BCUT2D eigenvalue weighted by atomic mass is 14.7. The van der Waals surface area contributed by atoms with Crippen molar-refractivity contribution in [3.05, 3.63) is 161 Å². The van der Waals surface area contributed by atoms with Crippen LogP contribution in [0.4, 0.5) is 0 Å². The Morgan fingerprint density at radius 3 is 1.62 bits per heavy atom. The smallest absolute Gasteiger partial charge is 0.0992 e. The van der Waals surface area contributed by atoms with Crippen molar-refractivity contribution in [2.45, 2.75) is 5.41 Å². The van der Waals surface area contributed by atoms with Crippen molar-refractivity contribution in [1.29, 1.82) is 5.26 Å². The van der Waals surface area contributed by atoms with Crippen molar-refractivity contribution in [3.8, 4) is 50.7 Å². The monoisotopic (exact) mass is 494 g/mol. The average Bonchev–Trinajstić information content (AvgIpc) is 3.48. The number of nitriles is 1. The molecule has 2 aliphatic carbocycles. The van der Waals surface area contributed by atoms with E-state index in [1.54, 1.807) is 12.3 Å². The molecule has 2 heteroatoms. The van der Waals surface area contributed by atoms with Gasteiger partial charge in [-0.3, -0.25) is 4.98 Å². The topological polar surface area (TPSA) is 36.7 Å². The molecule has 8 rings (SSSR count). The Balaban J connectivity index is 1.30. The molecule has 0 N–H and O–H groups in total. The van der Waals surface area contributed by atoms with Crippen LogP contribution >= 0.6 is 0 Å². The molecular weight excluding hydrogens is 472 g/mol. The van der Waals surface area contributed by atoms with Crippen LogP contribution in [0.3, 0.4) is 0 Å². The van der Waals surface area contributed by atoms with Gasteiger partial charge in [-0.25, -0.2) is 0 Å². The van der Waals surface area contributed by atoms with Gasteiger partial charge in [0.2, 0.25) is 0 Å². The minimum atomic E-state index is -0.307. The third kappa shape index (κ3) is 2.93. The van der Waals surface area contributed by atoms with Crippen LogP contribution in [0, 0.1) is 11.3 Å². The summed E-state index contributed by atoms with van der Waals surface area (Å²) in [5, 5.41) is 9.26. The number of hydrogen-bond acceptors (Lipinski definition) is 2. The van der Waals surface area contributed by atoms with Gasteiger partial charge in [0.15, 0.2) is 0 Å². The first kappa shape index (κ1) is 21.8. The summed E-state index contributed by atoms with van der Waals surface area (Å²) in [6.07, 6.45) is 1.69. The molecule has 6 aromatic rings. The Hall–Kier alpha value is -5.26. The van der Waals surface area contributed by atoms with E-state index in [0.29, 0.717) is 5.56 Å². The summed E-state index contributed by atoms with van der Waals surface area (Å²) in [7, 11) is 0. The largest absolute Gasteiger partial charge is 0.256 e. The lowest BCUT2D eigenvalue weighted by Crippen LogP contribution is -2.25. The zero-order chi connectivity index (χ0) is 26.0. The SMILES string of the molecule is N#Cc1ccnc(-c2ccc(-c3ccc4c(c3)-c3ccccc3C43c4ccccc4-c4ccccc43)cc2)c1. The van der Waals surface area contributed by atoms with E-state index < -0.39 is 0 Å². The molecule has 39 heavy (non-hydrogen) atoms. The number of benzene rings is 5. The zero-order valence-corrected chi connectivity index (χ0v) is 21.1. The fourth-order valence-electron chi connectivity index (χ4n) is 6.77. The second-order valence-corrected chi connectivity index (χ2v) is 10.3. The molecule has 0 atom stereocenters. The minimum Gasteiger partial charge on any atom is -0.256 e. The summed E-state index contributed by atoms with van der Waals surface area (Å²) < 4.78 is 0. The Kier molecular flexibility index (Phi) is 4.54. The second-order valence-electron chi connectivity index (χ2n) is 10.3. The molecule has 1 heterocycles. The quantitative estimate of drug-likeness (QED) is 0.241. The van der Waals surface area contributed by atoms with Gasteiger partial charge in [0.1, 0.15) is 0 Å². The summed E-state index contributed by atoms with van der Waals surface area (Å²) in [4.78, 5) is 4.46. The van der Waals surface area contributed by atoms with Gasteiger partial charge in [0, 0.05) is 11.8 Å². The van der Waals surface area contributed by atoms with Gasteiger partial charge >= 0.3 is 0 Å². The standard InChI is InChI=1S/C37H22N2/c38-23-24-19-20-39-36(21-24)26-15-13-25(14-16-26)27-17-18-35-31(22-27)30-9-3-6-12-34(30)37(35)32-10-4-1-7-28(32)29-8-2-5-11-33(29)37/h1-22H. The Labute approximate surface area is 227 Å². The van der Waals surface area contributed by atoms with E-state index >= 15 is 0 Å². The second kappa shape index (κ2) is 8.12. The maximum atomic E-state index is 9.26. The number of fused-ring (bicyclic) bond motifs is 10.